The highest BCUT2D eigenvalue weighted by Crippen LogP contribution is 2.29. The first-order chi connectivity index (χ1) is 11.6. The normalized spacial score (nSPS) is 13.8. The number of phenolic OH excluding ortho intramolecular Hbond substituents is 1. The van der Waals surface area contributed by atoms with Gasteiger partial charge in [0.25, 0.3) is 5.91 Å². The maximum atomic E-state index is 11.9. The van der Waals surface area contributed by atoms with E-state index in [-0.39, 0.29) is 29.6 Å². The quantitative estimate of drug-likeness (QED) is 0.592. The topological polar surface area (TPSA) is 84.9 Å². The largest absolute Gasteiger partial charge is 0.504 e. The third kappa shape index (κ3) is 5.01. The predicted octanol–water partition coefficient (Wildman–Crippen LogP) is 2.56. The molecule has 0 heterocycles. The predicted molar refractivity (Wildman–Crippen MR) is 89.1 cm³/mol. The van der Waals surface area contributed by atoms with Gasteiger partial charge in [-0.2, -0.15) is 0 Å². The Morgan fingerprint density at radius 3 is 2.83 bits per heavy atom. The number of hydrogen-bond donors (Lipinski definition) is 2. The molecule has 0 fully saturated rings. The number of hydrogen-bond acceptors (Lipinski definition) is 5. The maximum Gasteiger partial charge on any atom is 0.342 e. The molecular weight excluding hydrogens is 310 g/mol. The molecule has 2 N–H and O–H groups in total. The van der Waals surface area contributed by atoms with Crippen LogP contribution in [0.4, 0.5) is 0 Å². The molecule has 1 aromatic carbocycles. The van der Waals surface area contributed by atoms with E-state index in [1.54, 1.807) is 6.07 Å². The lowest BCUT2D eigenvalue weighted by Gasteiger charge is -2.13. The van der Waals surface area contributed by atoms with Crippen LogP contribution in [0.2, 0.25) is 0 Å². The summed E-state index contributed by atoms with van der Waals surface area (Å²) in [5.41, 5.74) is 1.34. The highest BCUT2D eigenvalue weighted by molar-refractivity contribution is 5.94. The van der Waals surface area contributed by atoms with Gasteiger partial charge < -0.3 is 19.9 Å². The molecule has 1 aliphatic carbocycles. The number of amides is 1. The highest BCUT2D eigenvalue weighted by Gasteiger charge is 2.17. The van der Waals surface area contributed by atoms with Crippen LogP contribution in [-0.4, -0.2) is 37.2 Å². The molecule has 1 aromatic rings. The van der Waals surface area contributed by atoms with E-state index in [0.29, 0.717) is 6.54 Å². The Morgan fingerprint density at radius 1 is 1.29 bits per heavy atom. The number of carbonyl (C=O) groups is 2. The number of phenols is 1. The van der Waals surface area contributed by atoms with E-state index in [1.165, 1.54) is 37.7 Å². The number of methoxy groups -OCH3 is 1. The summed E-state index contributed by atoms with van der Waals surface area (Å²) in [6, 6.07) is 4.50. The van der Waals surface area contributed by atoms with Crippen LogP contribution in [0.3, 0.4) is 0 Å². The smallest absolute Gasteiger partial charge is 0.342 e. The second kappa shape index (κ2) is 8.96. The first-order valence-electron chi connectivity index (χ1n) is 8.09. The summed E-state index contributed by atoms with van der Waals surface area (Å²) in [5, 5.41) is 12.6. The highest BCUT2D eigenvalue weighted by atomic mass is 16.5. The minimum atomic E-state index is -0.767. The Labute approximate surface area is 141 Å². The van der Waals surface area contributed by atoms with Crippen molar-refractivity contribution in [2.75, 3.05) is 20.3 Å². The average molecular weight is 333 g/mol. The molecule has 130 valence electrons. The zero-order chi connectivity index (χ0) is 17.4. The number of nitrogens with one attached hydrogen (secondary N) is 1. The van der Waals surface area contributed by atoms with Crippen molar-refractivity contribution in [1.29, 1.82) is 0 Å². The van der Waals surface area contributed by atoms with Gasteiger partial charge in [-0.05, 0) is 44.2 Å². The monoisotopic (exact) mass is 333 g/mol. The summed E-state index contributed by atoms with van der Waals surface area (Å²) in [6.45, 7) is 0.154. The Hall–Kier alpha value is -2.50. The summed E-state index contributed by atoms with van der Waals surface area (Å²) in [5.74, 6) is -1.25. The molecule has 0 saturated carbocycles. The number of ether oxygens (including phenoxy) is 2. The molecule has 6 nitrogen and oxygen atoms in total. The first kappa shape index (κ1) is 17.8. The molecule has 0 aliphatic heterocycles. The van der Waals surface area contributed by atoms with E-state index in [4.69, 9.17) is 9.47 Å². The van der Waals surface area contributed by atoms with Gasteiger partial charge in [-0.1, -0.05) is 17.7 Å². The number of esters is 1. The van der Waals surface area contributed by atoms with Crippen LogP contribution in [0, 0.1) is 0 Å². The van der Waals surface area contributed by atoms with E-state index in [1.807, 2.05) is 0 Å². The molecule has 1 aliphatic rings. The maximum absolute atomic E-state index is 11.9. The number of allylic oxidation sites excluding steroid dienone is 1. The minimum Gasteiger partial charge on any atom is -0.504 e. The Morgan fingerprint density at radius 2 is 2.12 bits per heavy atom. The van der Waals surface area contributed by atoms with Gasteiger partial charge in [-0.3, -0.25) is 4.79 Å². The molecule has 0 radical (unpaired) electrons. The summed E-state index contributed by atoms with van der Waals surface area (Å²) < 4.78 is 9.86. The molecule has 0 aromatic heterocycles. The Bertz CT molecular complexity index is 624. The van der Waals surface area contributed by atoms with Crippen LogP contribution in [0.25, 0.3) is 0 Å². The number of aromatic hydroxyl groups is 1. The summed E-state index contributed by atoms with van der Waals surface area (Å²) in [7, 11) is 1.39. The van der Waals surface area contributed by atoms with Gasteiger partial charge in [0.1, 0.15) is 5.56 Å². The number of rotatable bonds is 7. The second-order valence-electron chi connectivity index (χ2n) is 5.64. The molecule has 6 heteroatoms. The Kier molecular flexibility index (Phi) is 6.66. The van der Waals surface area contributed by atoms with Crippen LogP contribution in [0.1, 0.15) is 42.5 Å². The zero-order valence-corrected chi connectivity index (χ0v) is 13.8. The molecule has 2 rings (SSSR count). The second-order valence-corrected chi connectivity index (χ2v) is 5.64. The SMILES string of the molecule is COc1cccc(C(=O)OCC(=O)NCCC2=CCCCC2)c1O. The fraction of sp³-hybridized carbons (Fsp3) is 0.444. The van der Waals surface area contributed by atoms with Gasteiger partial charge >= 0.3 is 5.97 Å². The number of para-hydroxylation sites is 1. The summed E-state index contributed by atoms with van der Waals surface area (Å²) in [6.07, 6.45) is 7.73. The molecule has 0 bridgehead atoms. The fourth-order valence-corrected chi connectivity index (χ4v) is 2.61. The number of carbonyl (C=O) groups excluding carboxylic acids is 2. The van der Waals surface area contributed by atoms with Crippen molar-refractivity contribution in [3.05, 3.63) is 35.4 Å². The lowest BCUT2D eigenvalue weighted by molar-refractivity contribution is -0.124. The van der Waals surface area contributed by atoms with E-state index in [0.717, 1.165) is 19.3 Å². The van der Waals surface area contributed by atoms with Crippen molar-refractivity contribution in [3.8, 4) is 11.5 Å². The molecule has 0 saturated heterocycles. The van der Waals surface area contributed by atoms with Gasteiger partial charge in [-0.15, -0.1) is 0 Å². The minimum absolute atomic E-state index is 0.0329. The average Bonchev–Trinajstić information content (AvgIpc) is 2.61. The third-order valence-electron chi connectivity index (χ3n) is 3.93. The van der Waals surface area contributed by atoms with Gasteiger partial charge in [0.05, 0.1) is 7.11 Å². The third-order valence-corrected chi connectivity index (χ3v) is 3.93. The molecule has 24 heavy (non-hydrogen) atoms. The van der Waals surface area contributed by atoms with E-state index < -0.39 is 5.97 Å². The fourth-order valence-electron chi connectivity index (χ4n) is 2.61. The van der Waals surface area contributed by atoms with Crippen LogP contribution < -0.4 is 10.1 Å². The van der Waals surface area contributed by atoms with Gasteiger partial charge in [0, 0.05) is 6.54 Å². The molecule has 0 unspecified atom stereocenters. The molecule has 0 spiro atoms. The van der Waals surface area contributed by atoms with Gasteiger partial charge in [0.15, 0.2) is 18.1 Å². The van der Waals surface area contributed by atoms with Crippen molar-refractivity contribution < 1.29 is 24.2 Å². The zero-order valence-electron chi connectivity index (χ0n) is 13.8. The van der Waals surface area contributed by atoms with Crippen LogP contribution in [-0.2, 0) is 9.53 Å². The van der Waals surface area contributed by atoms with Crippen molar-refractivity contribution in [2.45, 2.75) is 32.1 Å². The van der Waals surface area contributed by atoms with E-state index in [2.05, 4.69) is 11.4 Å². The summed E-state index contributed by atoms with van der Waals surface area (Å²) >= 11 is 0. The van der Waals surface area contributed by atoms with Gasteiger partial charge in [-0.25, -0.2) is 4.79 Å². The lowest BCUT2D eigenvalue weighted by atomic mass is 9.97. The van der Waals surface area contributed by atoms with Crippen molar-refractivity contribution in [3.63, 3.8) is 0 Å². The number of benzene rings is 1. The van der Waals surface area contributed by atoms with Crippen LogP contribution in [0.5, 0.6) is 11.5 Å². The first-order valence-corrected chi connectivity index (χ1v) is 8.09. The summed E-state index contributed by atoms with van der Waals surface area (Å²) in [4.78, 5) is 23.7. The van der Waals surface area contributed by atoms with Crippen molar-refractivity contribution >= 4 is 11.9 Å². The molecule has 0 atom stereocenters. The van der Waals surface area contributed by atoms with Crippen molar-refractivity contribution in [1.82, 2.24) is 5.32 Å². The molecule has 1 amide bonds. The standard InChI is InChI=1S/C18H23NO5/c1-23-15-9-5-8-14(17(15)21)18(22)24-12-16(20)19-11-10-13-6-3-2-4-7-13/h5-6,8-9,21H,2-4,7,10-12H2,1H3,(H,19,20). The Balaban J connectivity index is 1.75. The van der Waals surface area contributed by atoms with Gasteiger partial charge in [0.2, 0.25) is 0 Å². The van der Waals surface area contributed by atoms with E-state index >= 15 is 0 Å². The van der Waals surface area contributed by atoms with Crippen LogP contribution in [0.15, 0.2) is 29.8 Å². The van der Waals surface area contributed by atoms with Crippen LogP contribution >= 0.6 is 0 Å². The van der Waals surface area contributed by atoms with E-state index in [9.17, 15) is 14.7 Å². The molecular formula is C18H23NO5. The van der Waals surface area contributed by atoms with Crippen molar-refractivity contribution in [2.24, 2.45) is 0 Å². The lowest BCUT2D eigenvalue weighted by Crippen LogP contribution is -2.29.